The van der Waals surface area contributed by atoms with Gasteiger partial charge in [-0.15, -0.1) is 0 Å². The van der Waals surface area contributed by atoms with Crippen LogP contribution in [0.3, 0.4) is 0 Å². The van der Waals surface area contributed by atoms with Crippen molar-refractivity contribution in [3.8, 4) is 11.1 Å². The molecule has 0 saturated heterocycles. The van der Waals surface area contributed by atoms with Crippen molar-refractivity contribution in [3.05, 3.63) is 66.2 Å². The Bertz CT molecular complexity index is 926. The predicted molar refractivity (Wildman–Crippen MR) is 92.1 cm³/mol. The maximum absolute atomic E-state index is 12.4. The maximum atomic E-state index is 12.4. The van der Waals surface area contributed by atoms with E-state index in [0.29, 0.717) is 11.6 Å². The lowest BCUT2D eigenvalue weighted by Crippen LogP contribution is -2.27. The monoisotopic (exact) mass is 362 g/mol. The Hall–Kier alpha value is -2.22. The largest absolute Gasteiger partial charge is 0.270 e. The van der Waals surface area contributed by atoms with Crippen LogP contribution < -0.4 is 4.72 Å². The van der Waals surface area contributed by atoms with E-state index in [2.05, 4.69) is 14.8 Å². The Morgan fingerprint density at radius 2 is 1.92 bits per heavy atom. The molecule has 2 aromatic heterocycles. The summed E-state index contributed by atoms with van der Waals surface area (Å²) in [5, 5.41) is 4.52. The predicted octanol–water partition coefficient (Wildman–Crippen LogP) is 2.58. The highest BCUT2D eigenvalue weighted by atomic mass is 35.5. The normalized spacial score (nSPS) is 11.5. The SMILES string of the molecule is O=S(=O)(NCCn1cc(Cl)cn1)c1cccc(-c2ccncc2)c1. The minimum atomic E-state index is -3.59. The van der Waals surface area contributed by atoms with Gasteiger partial charge in [-0.25, -0.2) is 13.1 Å². The van der Waals surface area contributed by atoms with Crippen LogP contribution in [0.15, 0.2) is 66.1 Å². The van der Waals surface area contributed by atoms with Gasteiger partial charge in [0.05, 0.1) is 22.7 Å². The van der Waals surface area contributed by atoms with Crippen LogP contribution in [0.5, 0.6) is 0 Å². The number of rotatable bonds is 6. The zero-order valence-electron chi connectivity index (χ0n) is 12.6. The number of hydrogen-bond acceptors (Lipinski definition) is 4. The van der Waals surface area contributed by atoms with Crippen molar-refractivity contribution in [2.45, 2.75) is 11.4 Å². The summed E-state index contributed by atoms with van der Waals surface area (Å²) in [5.74, 6) is 0. The van der Waals surface area contributed by atoms with Crippen LogP contribution >= 0.6 is 11.6 Å². The molecule has 124 valence electrons. The number of nitrogens with one attached hydrogen (secondary N) is 1. The van der Waals surface area contributed by atoms with Gasteiger partial charge in [0.25, 0.3) is 0 Å². The molecule has 0 fully saturated rings. The van der Waals surface area contributed by atoms with E-state index in [1.807, 2.05) is 18.2 Å². The van der Waals surface area contributed by atoms with Crippen LogP contribution in [-0.4, -0.2) is 29.7 Å². The van der Waals surface area contributed by atoms with Crippen LogP contribution in [0.4, 0.5) is 0 Å². The van der Waals surface area contributed by atoms with Gasteiger partial charge in [0.1, 0.15) is 0 Å². The van der Waals surface area contributed by atoms with Crippen LogP contribution in [0.25, 0.3) is 11.1 Å². The number of halogens is 1. The van der Waals surface area contributed by atoms with Crippen LogP contribution in [0.2, 0.25) is 5.02 Å². The highest BCUT2D eigenvalue weighted by Gasteiger charge is 2.14. The van der Waals surface area contributed by atoms with Crippen molar-refractivity contribution >= 4 is 21.6 Å². The van der Waals surface area contributed by atoms with Crippen molar-refractivity contribution in [3.63, 3.8) is 0 Å². The third-order valence-electron chi connectivity index (χ3n) is 3.39. The minimum Gasteiger partial charge on any atom is -0.270 e. The molecule has 0 bridgehead atoms. The molecule has 0 atom stereocenters. The molecular formula is C16H15ClN4O2S. The minimum absolute atomic E-state index is 0.218. The summed E-state index contributed by atoms with van der Waals surface area (Å²) in [6.45, 7) is 0.621. The average Bonchev–Trinajstić information content (AvgIpc) is 3.01. The molecule has 0 radical (unpaired) electrons. The molecule has 1 aromatic carbocycles. The third-order valence-corrected chi connectivity index (χ3v) is 5.05. The van der Waals surface area contributed by atoms with E-state index in [1.54, 1.807) is 41.5 Å². The van der Waals surface area contributed by atoms with Gasteiger partial charge in [0.15, 0.2) is 0 Å². The van der Waals surface area contributed by atoms with E-state index in [0.717, 1.165) is 11.1 Å². The second kappa shape index (κ2) is 7.12. The van der Waals surface area contributed by atoms with E-state index < -0.39 is 10.0 Å². The number of nitrogens with zero attached hydrogens (tertiary/aromatic N) is 3. The Morgan fingerprint density at radius 3 is 2.62 bits per heavy atom. The molecule has 0 spiro atoms. The van der Waals surface area contributed by atoms with Gasteiger partial charge < -0.3 is 0 Å². The number of aromatic nitrogens is 3. The summed E-state index contributed by atoms with van der Waals surface area (Å²) in [6.07, 6.45) is 6.49. The first kappa shape index (κ1) is 16.6. The van der Waals surface area contributed by atoms with E-state index in [9.17, 15) is 8.42 Å². The number of benzene rings is 1. The first-order valence-corrected chi connectivity index (χ1v) is 9.09. The van der Waals surface area contributed by atoms with Gasteiger partial charge >= 0.3 is 0 Å². The molecule has 0 amide bonds. The smallest absolute Gasteiger partial charge is 0.240 e. The molecule has 24 heavy (non-hydrogen) atoms. The molecule has 8 heteroatoms. The molecule has 0 aliphatic rings. The fourth-order valence-corrected chi connectivity index (χ4v) is 3.45. The fraction of sp³-hybridized carbons (Fsp3) is 0.125. The Balaban J connectivity index is 1.72. The van der Waals surface area contributed by atoms with Gasteiger partial charge in [-0.1, -0.05) is 23.7 Å². The Morgan fingerprint density at radius 1 is 1.12 bits per heavy atom. The highest BCUT2D eigenvalue weighted by Crippen LogP contribution is 2.21. The standard InChI is InChI=1S/C16H15ClN4O2S/c17-15-11-19-21(12-15)9-8-20-24(22,23)16-3-1-2-14(10-16)13-4-6-18-7-5-13/h1-7,10-12,20H,8-9H2. The zero-order valence-corrected chi connectivity index (χ0v) is 14.2. The molecule has 3 aromatic rings. The van der Waals surface area contributed by atoms with Gasteiger partial charge in [-0.05, 0) is 35.4 Å². The van der Waals surface area contributed by atoms with E-state index >= 15 is 0 Å². The summed E-state index contributed by atoms with van der Waals surface area (Å²) >= 11 is 5.77. The summed E-state index contributed by atoms with van der Waals surface area (Å²) in [6, 6.07) is 10.5. The topological polar surface area (TPSA) is 76.9 Å². The number of sulfonamides is 1. The van der Waals surface area contributed by atoms with Crippen LogP contribution in [0, 0.1) is 0 Å². The Kier molecular flexibility index (Phi) is 4.94. The first-order valence-electron chi connectivity index (χ1n) is 7.23. The average molecular weight is 363 g/mol. The molecule has 0 aliphatic heterocycles. The van der Waals surface area contributed by atoms with E-state index in [-0.39, 0.29) is 11.4 Å². The Labute approximate surface area is 145 Å². The van der Waals surface area contributed by atoms with Crippen molar-refractivity contribution < 1.29 is 8.42 Å². The zero-order chi connectivity index (χ0) is 17.0. The first-order chi connectivity index (χ1) is 11.5. The quantitative estimate of drug-likeness (QED) is 0.731. The lowest BCUT2D eigenvalue weighted by atomic mass is 10.1. The van der Waals surface area contributed by atoms with Gasteiger partial charge in [-0.3, -0.25) is 9.67 Å². The van der Waals surface area contributed by atoms with Crippen molar-refractivity contribution in [1.82, 2.24) is 19.5 Å². The molecular weight excluding hydrogens is 348 g/mol. The molecule has 0 unspecified atom stereocenters. The lowest BCUT2D eigenvalue weighted by Gasteiger charge is -2.09. The fourth-order valence-electron chi connectivity index (χ4n) is 2.23. The second-order valence-electron chi connectivity index (χ2n) is 5.08. The second-order valence-corrected chi connectivity index (χ2v) is 7.29. The molecule has 0 aliphatic carbocycles. The highest BCUT2D eigenvalue weighted by molar-refractivity contribution is 7.89. The molecule has 3 rings (SSSR count). The maximum Gasteiger partial charge on any atom is 0.240 e. The van der Waals surface area contributed by atoms with E-state index in [1.165, 1.54) is 6.20 Å². The lowest BCUT2D eigenvalue weighted by molar-refractivity contribution is 0.561. The molecule has 1 N–H and O–H groups in total. The van der Waals surface area contributed by atoms with Gasteiger partial charge in [0.2, 0.25) is 10.0 Å². The summed E-state index contributed by atoms with van der Waals surface area (Å²) in [7, 11) is -3.59. The molecule has 6 nitrogen and oxygen atoms in total. The number of hydrogen-bond donors (Lipinski definition) is 1. The van der Waals surface area contributed by atoms with Crippen molar-refractivity contribution in [1.29, 1.82) is 0 Å². The van der Waals surface area contributed by atoms with Crippen LogP contribution in [-0.2, 0) is 16.6 Å². The van der Waals surface area contributed by atoms with Gasteiger partial charge in [0, 0.05) is 25.1 Å². The molecule has 2 heterocycles. The summed E-state index contributed by atoms with van der Waals surface area (Å²) < 4.78 is 29.0. The van der Waals surface area contributed by atoms with E-state index in [4.69, 9.17) is 11.6 Å². The third kappa shape index (κ3) is 4.00. The molecule has 0 saturated carbocycles. The van der Waals surface area contributed by atoms with Gasteiger partial charge in [-0.2, -0.15) is 5.10 Å². The van der Waals surface area contributed by atoms with Crippen molar-refractivity contribution in [2.24, 2.45) is 0 Å². The summed E-state index contributed by atoms with van der Waals surface area (Å²) in [4.78, 5) is 4.18. The van der Waals surface area contributed by atoms with Crippen molar-refractivity contribution in [2.75, 3.05) is 6.54 Å². The summed E-state index contributed by atoms with van der Waals surface area (Å²) in [5.41, 5.74) is 1.73. The number of pyridine rings is 1. The van der Waals surface area contributed by atoms with Crippen LogP contribution in [0.1, 0.15) is 0 Å².